The number of fused-ring (bicyclic) bond motifs is 1. The van der Waals surface area contributed by atoms with Crippen molar-refractivity contribution in [3.05, 3.63) is 75.6 Å². The molecule has 126 valence electrons. The predicted molar refractivity (Wildman–Crippen MR) is 98.2 cm³/mol. The third-order valence-corrected chi connectivity index (χ3v) is 3.79. The topological polar surface area (TPSA) is 68.5 Å². The number of hydrogen-bond donors (Lipinski definition) is 1. The molecular formula is C19H14ClNO4. The fourth-order valence-electron chi connectivity index (χ4n) is 2.25. The molecule has 3 aromatic rings. The molecule has 6 heteroatoms. The summed E-state index contributed by atoms with van der Waals surface area (Å²) in [4.78, 5) is 24.4. The van der Waals surface area contributed by atoms with Crippen molar-refractivity contribution >= 4 is 40.2 Å². The van der Waals surface area contributed by atoms with E-state index < -0.39 is 0 Å². The van der Waals surface area contributed by atoms with Crippen molar-refractivity contribution in [1.29, 1.82) is 0 Å². The van der Waals surface area contributed by atoms with Gasteiger partial charge in [-0.25, -0.2) is 0 Å². The van der Waals surface area contributed by atoms with Crippen LogP contribution in [0.4, 0.5) is 5.69 Å². The van der Waals surface area contributed by atoms with Crippen molar-refractivity contribution in [3.8, 4) is 5.75 Å². The van der Waals surface area contributed by atoms with Crippen molar-refractivity contribution in [2.75, 3.05) is 12.4 Å². The molecule has 0 atom stereocenters. The minimum absolute atomic E-state index is 0.223. The fourth-order valence-corrected chi connectivity index (χ4v) is 2.37. The van der Waals surface area contributed by atoms with Gasteiger partial charge in [-0.15, -0.1) is 0 Å². The molecule has 0 aliphatic carbocycles. The number of carbonyl (C=O) groups excluding carboxylic acids is 1. The summed E-state index contributed by atoms with van der Waals surface area (Å²) in [5.74, 6) is 0.234. The maximum atomic E-state index is 12.4. The standard InChI is InChI=1S/C19H14ClNO4/c1-24-15-7-8-16-17(10-15)25-11-12(19(16)23)2-9-18(22)21-14-5-3-13(20)4-6-14/h2-11H,1H3,(H,21,22)/b9-2+. The molecule has 1 aromatic heterocycles. The molecule has 25 heavy (non-hydrogen) atoms. The number of methoxy groups -OCH3 is 1. The van der Waals surface area contributed by atoms with E-state index in [1.54, 1.807) is 42.5 Å². The molecule has 0 aliphatic heterocycles. The van der Waals surface area contributed by atoms with Gasteiger partial charge in [0.25, 0.3) is 0 Å². The second-order valence-electron chi connectivity index (χ2n) is 5.21. The Morgan fingerprint density at radius 2 is 1.96 bits per heavy atom. The number of benzene rings is 2. The van der Waals surface area contributed by atoms with Gasteiger partial charge in [0, 0.05) is 22.9 Å². The largest absolute Gasteiger partial charge is 0.497 e. The van der Waals surface area contributed by atoms with Gasteiger partial charge in [-0.2, -0.15) is 0 Å². The lowest BCUT2D eigenvalue weighted by molar-refractivity contribution is -0.111. The molecule has 3 rings (SSSR count). The molecular weight excluding hydrogens is 342 g/mol. The summed E-state index contributed by atoms with van der Waals surface area (Å²) in [7, 11) is 1.54. The highest BCUT2D eigenvalue weighted by Crippen LogP contribution is 2.19. The number of nitrogens with one attached hydrogen (secondary N) is 1. The summed E-state index contributed by atoms with van der Waals surface area (Å²) >= 11 is 5.79. The van der Waals surface area contributed by atoms with Crippen LogP contribution in [0.2, 0.25) is 5.02 Å². The Balaban J connectivity index is 1.81. The van der Waals surface area contributed by atoms with Gasteiger partial charge in [0.05, 0.1) is 18.1 Å². The predicted octanol–water partition coefficient (Wildman–Crippen LogP) is 4.11. The Bertz CT molecular complexity index is 1010. The number of ether oxygens (including phenoxy) is 1. The summed E-state index contributed by atoms with van der Waals surface area (Å²) in [6, 6.07) is 11.7. The van der Waals surface area contributed by atoms with Crippen LogP contribution in [0.5, 0.6) is 5.75 Å². The normalized spacial score (nSPS) is 11.0. The number of carbonyl (C=O) groups is 1. The quantitative estimate of drug-likeness (QED) is 0.715. The summed E-state index contributed by atoms with van der Waals surface area (Å²) < 4.78 is 10.6. The lowest BCUT2D eigenvalue weighted by Crippen LogP contribution is -2.09. The first-order chi connectivity index (χ1) is 12.1. The van der Waals surface area contributed by atoms with Crippen molar-refractivity contribution in [2.24, 2.45) is 0 Å². The second-order valence-corrected chi connectivity index (χ2v) is 5.65. The molecule has 0 bridgehead atoms. The molecule has 0 saturated heterocycles. The summed E-state index contributed by atoms with van der Waals surface area (Å²) in [5.41, 5.74) is 1.09. The second kappa shape index (κ2) is 7.23. The summed E-state index contributed by atoms with van der Waals surface area (Å²) in [5, 5.41) is 3.68. The average Bonchev–Trinajstić information content (AvgIpc) is 2.63. The van der Waals surface area contributed by atoms with E-state index in [1.165, 1.54) is 25.5 Å². The zero-order valence-corrected chi connectivity index (χ0v) is 14.0. The molecule has 1 amide bonds. The van der Waals surface area contributed by atoms with Crippen LogP contribution in [0.1, 0.15) is 5.56 Å². The first-order valence-electron chi connectivity index (χ1n) is 7.41. The molecule has 0 aliphatic rings. The van der Waals surface area contributed by atoms with Gasteiger partial charge in [0.15, 0.2) is 5.43 Å². The summed E-state index contributed by atoms with van der Waals surface area (Å²) in [6.07, 6.45) is 4.01. The summed E-state index contributed by atoms with van der Waals surface area (Å²) in [6.45, 7) is 0. The number of halogens is 1. The van der Waals surface area contributed by atoms with E-state index in [0.29, 0.717) is 27.4 Å². The molecule has 1 N–H and O–H groups in total. The van der Waals surface area contributed by atoms with E-state index in [9.17, 15) is 9.59 Å². The van der Waals surface area contributed by atoms with Gasteiger partial charge in [-0.1, -0.05) is 11.6 Å². The van der Waals surface area contributed by atoms with Gasteiger partial charge in [0.2, 0.25) is 5.91 Å². The number of amides is 1. The maximum Gasteiger partial charge on any atom is 0.248 e. The first-order valence-corrected chi connectivity index (χ1v) is 7.79. The molecule has 5 nitrogen and oxygen atoms in total. The number of hydrogen-bond acceptors (Lipinski definition) is 4. The van der Waals surface area contributed by atoms with Crippen molar-refractivity contribution < 1.29 is 13.9 Å². The maximum absolute atomic E-state index is 12.4. The van der Waals surface area contributed by atoms with E-state index in [4.69, 9.17) is 20.8 Å². The van der Waals surface area contributed by atoms with Crippen molar-refractivity contribution in [2.45, 2.75) is 0 Å². The van der Waals surface area contributed by atoms with Crippen molar-refractivity contribution in [1.82, 2.24) is 0 Å². The highest BCUT2D eigenvalue weighted by molar-refractivity contribution is 6.30. The SMILES string of the molecule is COc1ccc2c(=O)c(/C=C/C(=O)Nc3ccc(Cl)cc3)coc2c1. The van der Waals surface area contributed by atoms with Crippen LogP contribution < -0.4 is 15.5 Å². The van der Waals surface area contributed by atoms with Gasteiger partial charge >= 0.3 is 0 Å². The van der Waals surface area contributed by atoms with E-state index >= 15 is 0 Å². The van der Waals surface area contributed by atoms with E-state index in [1.807, 2.05) is 0 Å². The zero-order valence-electron chi connectivity index (χ0n) is 13.3. The van der Waals surface area contributed by atoms with Gasteiger partial charge < -0.3 is 14.5 Å². The third-order valence-electron chi connectivity index (χ3n) is 3.53. The molecule has 0 fully saturated rings. The van der Waals surface area contributed by atoms with Crippen LogP contribution in [0.15, 0.2) is 64.0 Å². The smallest absolute Gasteiger partial charge is 0.248 e. The molecule has 0 saturated carbocycles. The Kier molecular flexibility index (Phi) is 4.86. The van der Waals surface area contributed by atoms with Crippen LogP contribution >= 0.6 is 11.6 Å². The first kappa shape index (κ1) is 16.8. The van der Waals surface area contributed by atoms with Crippen LogP contribution in [0, 0.1) is 0 Å². The number of anilines is 1. The van der Waals surface area contributed by atoms with Crippen LogP contribution in [-0.4, -0.2) is 13.0 Å². The van der Waals surface area contributed by atoms with Gasteiger partial charge in [0.1, 0.15) is 17.6 Å². The lowest BCUT2D eigenvalue weighted by Gasteiger charge is -2.03. The molecule has 0 radical (unpaired) electrons. The lowest BCUT2D eigenvalue weighted by atomic mass is 10.1. The highest BCUT2D eigenvalue weighted by Gasteiger charge is 2.07. The Hall–Kier alpha value is -3.05. The van der Waals surface area contributed by atoms with E-state index in [2.05, 4.69) is 5.32 Å². The molecule has 0 spiro atoms. The Morgan fingerprint density at radius 3 is 2.68 bits per heavy atom. The van der Waals surface area contributed by atoms with Gasteiger partial charge in [-0.3, -0.25) is 9.59 Å². The average molecular weight is 356 g/mol. The Labute approximate surface area is 148 Å². The minimum Gasteiger partial charge on any atom is -0.497 e. The van der Waals surface area contributed by atoms with E-state index in [0.717, 1.165) is 0 Å². The minimum atomic E-state index is -0.364. The van der Waals surface area contributed by atoms with Crippen LogP contribution in [0.25, 0.3) is 17.0 Å². The zero-order chi connectivity index (χ0) is 17.8. The third kappa shape index (κ3) is 3.89. The van der Waals surface area contributed by atoms with Crippen LogP contribution in [-0.2, 0) is 4.79 Å². The van der Waals surface area contributed by atoms with Gasteiger partial charge in [-0.05, 0) is 42.5 Å². The van der Waals surface area contributed by atoms with Crippen LogP contribution in [0.3, 0.4) is 0 Å². The van der Waals surface area contributed by atoms with E-state index in [-0.39, 0.29) is 16.9 Å². The fraction of sp³-hybridized carbons (Fsp3) is 0.0526. The highest BCUT2D eigenvalue weighted by atomic mass is 35.5. The molecule has 2 aromatic carbocycles. The van der Waals surface area contributed by atoms with Crippen molar-refractivity contribution in [3.63, 3.8) is 0 Å². The monoisotopic (exact) mass is 355 g/mol. The Morgan fingerprint density at radius 1 is 1.20 bits per heavy atom. The number of rotatable bonds is 4. The molecule has 0 unspecified atom stereocenters. The molecule has 1 heterocycles.